The van der Waals surface area contributed by atoms with Crippen LogP contribution in [0.4, 0.5) is 8.78 Å². The highest BCUT2D eigenvalue weighted by atomic mass is 19.3. The normalized spacial score (nSPS) is 17.9. The Morgan fingerprint density at radius 3 is 2.84 bits per heavy atom. The van der Waals surface area contributed by atoms with Gasteiger partial charge in [0.1, 0.15) is 5.82 Å². The largest absolute Gasteiger partial charge is 0.466 e. The molecule has 1 saturated heterocycles. The zero-order valence-electron chi connectivity index (χ0n) is 17.0. The van der Waals surface area contributed by atoms with Crippen LogP contribution in [0, 0.1) is 0 Å². The van der Waals surface area contributed by atoms with Crippen LogP contribution >= 0.6 is 0 Å². The summed E-state index contributed by atoms with van der Waals surface area (Å²) in [4.78, 5) is 26.0. The summed E-state index contributed by atoms with van der Waals surface area (Å²) in [7, 11) is 0. The van der Waals surface area contributed by atoms with E-state index in [0.29, 0.717) is 16.9 Å². The quantitative estimate of drug-likeness (QED) is 0.511. The fraction of sp³-hybridized carbons (Fsp3) is 0.208. The van der Waals surface area contributed by atoms with Crippen molar-refractivity contribution in [2.45, 2.75) is 18.4 Å². The molecule has 3 heterocycles. The first kappa shape index (κ1) is 20.1. The molecule has 1 atom stereocenters. The molecule has 8 heteroatoms. The van der Waals surface area contributed by atoms with Crippen LogP contribution in [0.15, 0.2) is 73.1 Å². The molecule has 0 saturated carbocycles. The average molecular weight is 434 g/mol. The molecule has 32 heavy (non-hydrogen) atoms. The van der Waals surface area contributed by atoms with Crippen LogP contribution in [-0.2, 0) is 0 Å². The van der Waals surface area contributed by atoms with Gasteiger partial charge in [-0.15, -0.1) is 0 Å². The molecule has 6 nitrogen and oxygen atoms in total. The van der Waals surface area contributed by atoms with Crippen molar-refractivity contribution in [1.29, 1.82) is 0 Å². The van der Waals surface area contributed by atoms with Crippen molar-refractivity contribution in [2.24, 2.45) is 0 Å². The number of carbonyl (C=O) groups is 1. The van der Waals surface area contributed by atoms with Crippen LogP contribution in [0.1, 0.15) is 16.8 Å². The maximum Gasteiger partial charge on any atom is 0.287 e. The van der Waals surface area contributed by atoms with E-state index < -0.39 is 18.4 Å². The van der Waals surface area contributed by atoms with E-state index in [9.17, 15) is 13.6 Å². The number of benzene rings is 2. The number of imidazole rings is 1. The number of aromatic amines is 1. The third-order valence-electron chi connectivity index (χ3n) is 5.58. The van der Waals surface area contributed by atoms with Gasteiger partial charge in [0.2, 0.25) is 5.88 Å². The van der Waals surface area contributed by atoms with Crippen LogP contribution < -0.4 is 4.74 Å². The number of piperidine rings is 1. The van der Waals surface area contributed by atoms with Gasteiger partial charge in [0.05, 0.1) is 12.1 Å². The molecule has 1 aliphatic heterocycles. The Kier molecular flexibility index (Phi) is 5.05. The lowest BCUT2D eigenvalue weighted by atomic mass is 10.0. The van der Waals surface area contributed by atoms with Crippen LogP contribution in [-0.4, -0.2) is 50.9 Å². The van der Waals surface area contributed by atoms with Gasteiger partial charge < -0.3 is 14.6 Å². The molecule has 1 amide bonds. The summed E-state index contributed by atoms with van der Waals surface area (Å²) >= 11 is 0. The molecule has 1 N–H and O–H groups in total. The minimum Gasteiger partial charge on any atom is -0.466 e. The molecular weight excluding hydrogens is 414 g/mol. The number of amides is 1. The number of halogens is 2. The molecule has 1 unspecified atom stereocenters. The summed E-state index contributed by atoms with van der Waals surface area (Å²) in [6.07, 6.45) is 1.36. The van der Waals surface area contributed by atoms with E-state index in [1.165, 1.54) is 4.90 Å². The second-order valence-electron chi connectivity index (χ2n) is 7.73. The summed E-state index contributed by atoms with van der Waals surface area (Å²) in [5.74, 6) is -2.65. The Morgan fingerprint density at radius 2 is 2.00 bits per heavy atom. The highest BCUT2D eigenvalue weighted by Crippen LogP contribution is 2.32. The SMILES string of the molecule is O=C(c1cccc(-c2ncc[nH]2)c1)N1CCC(F)(F)C(Oc2ccc3ccccc3n2)C1. The predicted octanol–water partition coefficient (Wildman–Crippen LogP) is 4.55. The summed E-state index contributed by atoms with van der Waals surface area (Å²) in [5.41, 5.74) is 1.81. The van der Waals surface area contributed by atoms with Crippen molar-refractivity contribution in [3.8, 4) is 17.3 Å². The Hall–Kier alpha value is -3.81. The number of aromatic nitrogens is 3. The number of ether oxygens (including phenoxy) is 1. The number of nitrogens with one attached hydrogen (secondary N) is 1. The van der Waals surface area contributed by atoms with Gasteiger partial charge in [-0.25, -0.2) is 18.7 Å². The molecule has 2 aromatic heterocycles. The molecule has 1 fully saturated rings. The van der Waals surface area contributed by atoms with Gasteiger partial charge in [0.25, 0.3) is 11.8 Å². The number of carbonyl (C=O) groups excluding carboxylic acids is 1. The van der Waals surface area contributed by atoms with Crippen LogP contribution in [0.2, 0.25) is 0 Å². The van der Waals surface area contributed by atoms with Crippen molar-refractivity contribution in [3.63, 3.8) is 0 Å². The summed E-state index contributed by atoms with van der Waals surface area (Å²) in [5, 5.41) is 0.892. The number of nitrogens with zero attached hydrogens (tertiary/aromatic N) is 3. The van der Waals surface area contributed by atoms with E-state index in [4.69, 9.17) is 4.74 Å². The van der Waals surface area contributed by atoms with Gasteiger partial charge in [0.15, 0.2) is 6.10 Å². The summed E-state index contributed by atoms with van der Waals surface area (Å²) < 4.78 is 34.9. The number of para-hydroxylation sites is 1. The van der Waals surface area contributed by atoms with E-state index in [-0.39, 0.29) is 24.9 Å². The van der Waals surface area contributed by atoms with Gasteiger partial charge in [-0.1, -0.05) is 30.3 Å². The fourth-order valence-electron chi connectivity index (χ4n) is 3.84. The smallest absolute Gasteiger partial charge is 0.287 e. The topological polar surface area (TPSA) is 71.1 Å². The predicted molar refractivity (Wildman–Crippen MR) is 116 cm³/mol. The minimum atomic E-state index is -3.07. The third kappa shape index (κ3) is 3.91. The zero-order valence-corrected chi connectivity index (χ0v) is 17.0. The lowest BCUT2D eigenvalue weighted by Gasteiger charge is -2.38. The van der Waals surface area contributed by atoms with Crippen molar-refractivity contribution in [3.05, 3.63) is 78.6 Å². The van der Waals surface area contributed by atoms with E-state index in [2.05, 4.69) is 15.0 Å². The third-order valence-corrected chi connectivity index (χ3v) is 5.58. The van der Waals surface area contributed by atoms with Gasteiger partial charge in [0, 0.05) is 47.9 Å². The summed E-state index contributed by atoms with van der Waals surface area (Å²) in [6.45, 7) is -0.285. The second kappa shape index (κ2) is 8.03. The number of alkyl halides is 2. The highest BCUT2D eigenvalue weighted by molar-refractivity contribution is 5.95. The molecule has 1 aliphatic rings. The zero-order chi connectivity index (χ0) is 22.1. The highest BCUT2D eigenvalue weighted by Gasteiger charge is 2.47. The average Bonchev–Trinajstić information content (AvgIpc) is 3.35. The number of H-pyrrole nitrogens is 1. The fourth-order valence-corrected chi connectivity index (χ4v) is 3.84. The Bertz CT molecular complexity index is 1260. The van der Waals surface area contributed by atoms with E-state index >= 15 is 0 Å². The Morgan fingerprint density at radius 1 is 1.12 bits per heavy atom. The maximum absolute atomic E-state index is 14.7. The lowest BCUT2D eigenvalue weighted by Crippen LogP contribution is -2.55. The molecule has 0 bridgehead atoms. The molecular formula is C24H20F2N4O2. The Labute approximate surface area is 182 Å². The lowest BCUT2D eigenvalue weighted by molar-refractivity contribution is -0.131. The van der Waals surface area contributed by atoms with Crippen LogP contribution in [0.3, 0.4) is 0 Å². The molecule has 0 aliphatic carbocycles. The van der Waals surface area contributed by atoms with Crippen molar-refractivity contribution in [2.75, 3.05) is 13.1 Å². The van der Waals surface area contributed by atoms with E-state index in [1.807, 2.05) is 24.3 Å². The standard InChI is InChI=1S/C24H20F2N4O2/c25-24(26)10-13-30(23(31)18-6-3-5-17(14-18)22-27-11-12-28-22)15-20(24)32-21-9-8-16-4-1-2-7-19(16)29-21/h1-9,11-12,14,20H,10,13,15H2,(H,27,28). The van der Waals surface area contributed by atoms with E-state index in [1.54, 1.807) is 48.8 Å². The van der Waals surface area contributed by atoms with Gasteiger partial charge >= 0.3 is 0 Å². The number of hydrogen-bond acceptors (Lipinski definition) is 4. The van der Waals surface area contributed by atoms with Crippen molar-refractivity contribution < 1.29 is 18.3 Å². The second-order valence-corrected chi connectivity index (χ2v) is 7.73. The van der Waals surface area contributed by atoms with Gasteiger partial charge in [-0.05, 0) is 24.3 Å². The molecule has 162 valence electrons. The first-order valence-corrected chi connectivity index (χ1v) is 10.3. The van der Waals surface area contributed by atoms with Gasteiger partial charge in [-0.2, -0.15) is 0 Å². The maximum atomic E-state index is 14.7. The number of likely N-dealkylation sites (tertiary alicyclic amines) is 1. The molecule has 2 aromatic carbocycles. The number of pyridine rings is 1. The van der Waals surface area contributed by atoms with Crippen LogP contribution in [0.5, 0.6) is 5.88 Å². The molecule has 0 radical (unpaired) electrons. The number of rotatable bonds is 4. The minimum absolute atomic E-state index is 0.0537. The van der Waals surface area contributed by atoms with Crippen LogP contribution in [0.25, 0.3) is 22.3 Å². The first-order chi connectivity index (χ1) is 15.5. The van der Waals surface area contributed by atoms with Crippen molar-refractivity contribution in [1.82, 2.24) is 19.9 Å². The van der Waals surface area contributed by atoms with E-state index in [0.717, 1.165) is 10.9 Å². The summed E-state index contributed by atoms with van der Waals surface area (Å²) in [6, 6.07) is 17.7. The Balaban J connectivity index is 1.36. The monoisotopic (exact) mass is 434 g/mol. The number of hydrogen-bond donors (Lipinski definition) is 1. The molecule has 0 spiro atoms. The first-order valence-electron chi connectivity index (χ1n) is 10.3. The molecule has 4 aromatic rings. The van der Waals surface area contributed by atoms with Crippen molar-refractivity contribution >= 4 is 16.8 Å². The number of fused-ring (bicyclic) bond motifs is 1. The molecule has 5 rings (SSSR count). The van der Waals surface area contributed by atoms with Gasteiger partial charge in [-0.3, -0.25) is 4.79 Å².